The standard InChI is InChI=1S/C21H32N4O5/c1-20(2,3)30-19(28)25-11-8-21(14-25,15-29-4)18(27)23-10-7-17(26)24-13-16-6-5-9-22-12-16/h5-6,9,12H,7-8,10-11,13-15H2,1-4H3,(H,23,27)(H,24,26)/t21-/m0/s1. The molecule has 3 amide bonds. The highest BCUT2D eigenvalue weighted by Gasteiger charge is 2.47. The SMILES string of the molecule is COC[C@]1(C(=O)NCCC(=O)NCc2cccnc2)CCN(C(=O)OC(C)(C)C)C1. The van der Waals surface area contributed by atoms with Crippen LogP contribution in [0.2, 0.25) is 0 Å². The van der Waals surface area contributed by atoms with Crippen LogP contribution in [0.15, 0.2) is 24.5 Å². The summed E-state index contributed by atoms with van der Waals surface area (Å²) >= 11 is 0. The van der Waals surface area contributed by atoms with Crippen molar-refractivity contribution >= 4 is 17.9 Å². The zero-order valence-electron chi connectivity index (χ0n) is 18.2. The number of nitrogens with zero attached hydrogens (tertiary/aromatic N) is 2. The number of likely N-dealkylation sites (tertiary alicyclic amines) is 1. The van der Waals surface area contributed by atoms with Gasteiger partial charge in [-0.25, -0.2) is 4.79 Å². The van der Waals surface area contributed by atoms with Crippen molar-refractivity contribution in [2.75, 3.05) is 33.4 Å². The number of pyridine rings is 1. The molecule has 0 aliphatic carbocycles. The van der Waals surface area contributed by atoms with Gasteiger partial charge in [-0.3, -0.25) is 14.6 Å². The maximum atomic E-state index is 12.9. The van der Waals surface area contributed by atoms with E-state index in [1.54, 1.807) is 39.2 Å². The summed E-state index contributed by atoms with van der Waals surface area (Å²) in [5, 5.41) is 5.61. The lowest BCUT2D eigenvalue weighted by atomic mass is 9.87. The molecule has 0 unspecified atom stereocenters. The van der Waals surface area contributed by atoms with Gasteiger partial charge in [-0.05, 0) is 38.8 Å². The number of methoxy groups -OCH3 is 1. The van der Waals surface area contributed by atoms with Crippen molar-refractivity contribution < 1.29 is 23.9 Å². The van der Waals surface area contributed by atoms with Crippen molar-refractivity contribution in [3.63, 3.8) is 0 Å². The molecule has 1 atom stereocenters. The van der Waals surface area contributed by atoms with Gasteiger partial charge in [0.25, 0.3) is 0 Å². The second-order valence-corrected chi connectivity index (χ2v) is 8.51. The van der Waals surface area contributed by atoms with Crippen molar-refractivity contribution in [2.24, 2.45) is 5.41 Å². The number of hydrogen-bond acceptors (Lipinski definition) is 6. The molecule has 0 radical (unpaired) electrons. The molecule has 166 valence electrons. The van der Waals surface area contributed by atoms with Crippen LogP contribution in [0.5, 0.6) is 0 Å². The van der Waals surface area contributed by atoms with Gasteiger partial charge in [-0.1, -0.05) is 6.07 Å². The summed E-state index contributed by atoms with van der Waals surface area (Å²) in [6, 6.07) is 3.68. The van der Waals surface area contributed by atoms with Gasteiger partial charge >= 0.3 is 6.09 Å². The maximum Gasteiger partial charge on any atom is 0.410 e. The lowest BCUT2D eigenvalue weighted by Gasteiger charge is -2.28. The van der Waals surface area contributed by atoms with Crippen molar-refractivity contribution in [1.82, 2.24) is 20.5 Å². The molecule has 1 aliphatic rings. The molecule has 1 aromatic rings. The van der Waals surface area contributed by atoms with E-state index in [9.17, 15) is 14.4 Å². The van der Waals surface area contributed by atoms with E-state index in [0.29, 0.717) is 19.5 Å². The summed E-state index contributed by atoms with van der Waals surface area (Å²) in [4.78, 5) is 42.8. The van der Waals surface area contributed by atoms with Crippen LogP contribution in [0, 0.1) is 5.41 Å². The van der Waals surface area contributed by atoms with Crippen LogP contribution in [-0.4, -0.2) is 66.7 Å². The average molecular weight is 421 g/mol. The van der Waals surface area contributed by atoms with Crippen molar-refractivity contribution in [2.45, 2.75) is 45.8 Å². The second kappa shape index (κ2) is 10.4. The number of rotatable bonds is 8. The Morgan fingerprint density at radius 1 is 1.27 bits per heavy atom. The van der Waals surface area contributed by atoms with E-state index < -0.39 is 17.1 Å². The molecule has 1 aliphatic heterocycles. The average Bonchev–Trinajstić information content (AvgIpc) is 3.12. The first-order valence-corrected chi connectivity index (χ1v) is 10.1. The first kappa shape index (κ1) is 23.6. The molecular weight excluding hydrogens is 388 g/mol. The Balaban J connectivity index is 1.82. The van der Waals surface area contributed by atoms with Gasteiger partial charge in [0.1, 0.15) is 5.60 Å². The van der Waals surface area contributed by atoms with Crippen molar-refractivity contribution in [3.8, 4) is 0 Å². The third-order valence-corrected chi connectivity index (χ3v) is 4.76. The Hall–Kier alpha value is -2.68. The maximum absolute atomic E-state index is 12.9. The van der Waals surface area contributed by atoms with E-state index in [2.05, 4.69) is 15.6 Å². The van der Waals surface area contributed by atoms with Crippen LogP contribution in [-0.2, 0) is 25.6 Å². The van der Waals surface area contributed by atoms with Crippen molar-refractivity contribution in [1.29, 1.82) is 0 Å². The summed E-state index contributed by atoms with van der Waals surface area (Å²) in [6.45, 7) is 6.81. The highest BCUT2D eigenvalue weighted by atomic mass is 16.6. The van der Waals surface area contributed by atoms with Gasteiger partial charge in [0.2, 0.25) is 11.8 Å². The third kappa shape index (κ3) is 6.98. The second-order valence-electron chi connectivity index (χ2n) is 8.51. The van der Waals surface area contributed by atoms with Gasteiger partial charge < -0.3 is 25.0 Å². The first-order chi connectivity index (χ1) is 14.1. The summed E-state index contributed by atoms with van der Waals surface area (Å²) in [5.74, 6) is -0.391. The lowest BCUT2D eigenvalue weighted by molar-refractivity contribution is -0.133. The predicted octanol–water partition coefficient (Wildman–Crippen LogP) is 1.48. The van der Waals surface area contributed by atoms with E-state index in [-0.39, 0.29) is 37.9 Å². The Labute approximate surface area is 177 Å². The first-order valence-electron chi connectivity index (χ1n) is 10.1. The van der Waals surface area contributed by atoms with Crippen LogP contribution in [0.25, 0.3) is 0 Å². The van der Waals surface area contributed by atoms with E-state index in [1.165, 1.54) is 12.0 Å². The fourth-order valence-corrected chi connectivity index (χ4v) is 3.27. The van der Waals surface area contributed by atoms with Crippen LogP contribution in [0.4, 0.5) is 4.79 Å². The molecule has 2 heterocycles. The molecule has 9 heteroatoms. The minimum atomic E-state index is -0.849. The van der Waals surface area contributed by atoms with E-state index in [4.69, 9.17) is 9.47 Å². The number of nitrogens with one attached hydrogen (secondary N) is 2. The molecule has 0 aromatic carbocycles. The number of ether oxygens (including phenoxy) is 2. The molecular formula is C21H32N4O5. The molecule has 0 bridgehead atoms. The molecule has 1 aromatic heterocycles. The monoisotopic (exact) mass is 420 g/mol. The molecule has 2 rings (SSSR count). The summed E-state index contributed by atoms with van der Waals surface area (Å²) in [6.07, 6.45) is 3.55. The van der Waals surface area contributed by atoms with E-state index in [0.717, 1.165) is 5.56 Å². The molecule has 1 saturated heterocycles. The predicted molar refractivity (Wildman–Crippen MR) is 110 cm³/mol. The number of amides is 3. The molecule has 1 fully saturated rings. The van der Waals surface area contributed by atoms with E-state index in [1.807, 2.05) is 6.07 Å². The Morgan fingerprint density at radius 2 is 2.03 bits per heavy atom. The molecule has 30 heavy (non-hydrogen) atoms. The highest BCUT2D eigenvalue weighted by Crippen LogP contribution is 2.32. The largest absolute Gasteiger partial charge is 0.444 e. The highest BCUT2D eigenvalue weighted by molar-refractivity contribution is 5.85. The zero-order valence-corrected chi connectivity index (χ0v) is 18.2. The van der Waals surface area contributed by atoms with Crippen LogP contribution in [0.3, 0.4) is 0 Å². The fourth-order valence-electron chi connectivity index (χ4n) is 3.27. The van der Waals surface area contributed by atoms with Gasteiger partial charge in [-0.2, -0.15) is 0 Å². The number of aromatic nitrogens is 1. The van der Waals surface area contributed by atoms with Gasteiger partial charge in [-0.15, -0.1) is 0 Å². The summed E-state index contributed by atoms with van der Waals surface area (Å²) in [5.41, 5.74) is -0.547. The fraction of sp³-hybridized carbons (Fsp3) is 0.619. The van der Waals surface area contributed by atoms with Crippen LogP contribution >= 0.6 is 0 Å². The smallest absolute Gasteiger partial charge is 0.410 e. The number of hydrogen-bond donors (Lipinski definition) is 2. The summed E-state index contributed by atoms with van der Waals surface area (Å²) in [7, 11) is 1.52. The van der Waals surface area contributed by atoms with E-state index >= 15 is 0 Å². The molecule has 9 nitrogen and oxygen atoms in total. The topological polar surface area (TPSA) is 110 Å². The van der Waals surface area contributed by atoms with Crippen LogP contribution in [0.1, 0.15) is 39.2 Å². The lowest BCUT2D eigenvalue weighted by Crippen LogP contribution is -2.47. The Morgan fingerprint density at radius 3 is 2.67 bits per heavy atom. The van der Waals surface area contributed by atoms with Crippen molar-refractivity contribution in [3.05, 3.63) is 30.1 Å². The molecule has 2 N–H and O–H groups in total. The zero-order chi connectivity index (χ0) is 22.2. The normalized spacial score (nSPS) is 18.7. The number of carbonyl (C=O) groups excluding carboxylic acids is 3. The molecule has 0 saturated carbocycles. The summed E-state index contributed by atoms with van der Waals surface area (Å²) < 4.78 is 10.7. The Bertz CT molecular complexity index is 735. The van der Waals surface area contributed by atoms with Crippen LogP contribution < -0.4 is 10.6 Å². The quantitative estimate of drug-likeness (QED) is 0.659. The van der Waals surface area contributed by atoms with Gasteiger partial charge in [0.15, 0.2) is 0 Å². The van der Waals surface area contributed by atoms with Gasteiger partial charge in [0.05, 0.1) is 12.0 Å². The van der Waals surface area contributed by atoms with Gasteiger partial charge in [0, 0.05) is 52.1 Å². The minimum absolute atomic E-state index is 0.158. The minimum Gasteiger partial charge on any atom is -0.444 e. The molecule has 0 spiro atoms. The Kier molecular flexibility index (Phi) is 8.16. The third-order valence-electron chi connectivity index (χ3n) is 4.76. The number of carbonyl (C=O) groups is 3.